The van der Waals surface area contributed by atoms with Gasteiger partial charge in [-0.05, 0) is 51.0 Å². The molecule has 90 valence electrons. The molecule has 5 heteroatoms. The number of rotatable bonds is 3. The fraction of sp³-hybridized carbons (Fsp3) is 0.167. The fourth-order valence-corrected chi connectivity index (χ4v) is 3.61. The standard InChI is InChI=1S/C12H12BrClN2S/c1-7-2-3-8(11(14)4-7)12(16-15)9-5-17-6-10(9)13/h2-6,12,16H,15H2,1H3. The van der Waals surface area contributed by atoms with Gasteiger partial charge in [-0.3, -0.25) is 5.84 Å². The Morgan fingerprint density at radius 3 is 2.65 bits per heavy atom. The van der Waals surface area contributed by atoms with Gasteiger partial charge in [-0.15, -0.1) is 0 Å². The number of nitrogens with one attached hydrogen (secondary N) is 1. The SMILES string of the molecule is Cc1ccc(C(NN)c2cscc2Br)c(Cl)c1. The number of hydrogen-bond acceptors (Lipinski definition) is 3. The smallest absolute Gasteiger partial charge is 0.0743 e. The Labute approximate surface area is 118 Å². The quantitative estimate of drug-likeness (QED) is 0.658. The summed E-state index contributed by atoms with van der Waals surface area (Å²) >= 11 is 11.4. The second-order valence-corrected chi connectivity index (χ2v) is 5.80. The first kappa shape index (κ1) is 13.1. The Balaban J connectivity index is 2.46. The number of hydrogen-bond donors (Lipinski definition) is 2. The Morgan fingerprint density at radius 1 is 1.35 bits per heavy atom. The first-order valence-corrected chi connectivity index (χ1v) is 7.18. The lowest BCUT2D eigenvalue weighted by atomic mass is 10.0. The molecule has 1 unspecified atom stereocenters. The minimum atomic E-state index is -0.0938. The van der Waals surface area contributed by atoms with Crippen molar-refractivity contribution in [3.63, 3.8) is 0 Å². The number of benzene rings is 1. The van der Waals surface area contributed by atoms with Gasteiger partial charge in [0.2, 0.25) is 0 Å². The van der Waals surface area contributed by atoms with Crippen molar-refractivity contribution in [2.45, 2.75) is 13.0 Å². The summed E-state index contributed by atoms with van der Waals surface area (Å²) in [7, 11) is 0. The van der Waals surface area contributed by atoms with Crippen LogP contribution in [0.3, 0.4) is 0 Å². The van der Waals surface area contributed by atoms with Gasteiger partial charge in [0.1, 0.15) is 0 Å². The van der Waals surface area contributed by atoms with Gasteiger partial charge in [-0.1, -0.05) is 23.7 Å². The van der Waals surface area contributed by atoms with Gasteiger partial charge in [0, 0.05) is 14.9 Å². The summed E-state index contributed by atoms with van der Waals surface area (Å²) in [4.78, 5) is 0. The van der Waals surface area contributed by atoms with Crippen LogP contribution in [0, 0.1) is 6.92 Å². The molecule has 0 fully saturated rings. The summed E-state index contributed by atoms with van der Waals surface area (Å²) in [6.07, 6.45) is 0. The molecule has 0 saturated heterocycles. The van der Waals surface area contributed by atoms with Gasteiger partial charge in [-0.2, -0.15) is 11.3 Å². The summed E-state index contributed by atoms with van der Waals surface area (Å²) in [5.41, 5.74) is 6.04. The third-order valence-corrected chi connectivity index (χ3v) is 4.67. The van der Waals surface area contributed by atoms with Crippen LogP contribution in [0.1, 0.15) is 22.7 Å². The van der Waals surface area contributed by atoms with E-state index < -0.39 is 0 Å². The maximum Gasteiger partial charge on any atom is 0.0743 e. The van der Waals surface area contributed by atoms with Crippen LogP contribution in [0.15, 0.2) is 33.4 Å². The molecule has 1 atom stereocenters. The summed E-state index contributed by atoms with van der Waals surface area (Å²) in [6, 6.07) is 5.89. The molecular weight excluding hydrogens is 320 g/mol. The molecule has 0 spiro atoms. The van der Waals surface area contributed by atoms with Gasteiger partial charge < -0.3 is 0 Å². The van der Waals surface area contributed by atoms with E-state index in [-0.39, 0.29) is 6.04 Å². The Hall–Kier alpha value is -0.390. The highest BCUT2D eigenvalue weighted by molar-refractivity contribution is 9.10. The first-order chi connectivity index (χ1) is 8.13. The number of hydrazine groups is 1. The molecule has 2 rings (SSSR count). The predicted octanol–water partition coefficient (Wildman–Crippen LogP) is 4.03. The molecule has 0 saturated carbocycles. The molecule has 1 aromatic heterocycles. The lowest BCUT2D eigenvalue weighted by Crippen LogP contribution is -2.29. The molecule has 17 heavy (non-hydrogen) atoms. The van der Waals surface area contributed by atoms with E-state index in [0.717, 1.165) is 26.2 Å². The van der Waals surface area contributed by atoms with E-state index >= 15 is 0 Å². The molecule has 0 aliphatic heterocycles. The lowest BCUT2D eigenvalue weighted by Gasteiger charge is -2.17. The van der Waals surface area contributed by atoms with Gasteiger partial charge in [0.15, 0.2) is 0 Å². The Morgan fingerprint density at radius 2 is 2.12 bits per heavy atom. The van der Waals surface area contributed by atoms with E-state index in [1.165, 1.54) is 0 Å². The zero-order valence-corrected chi connectivity index (χ0v) is 12.4. The van der Waals surface area contributed by atoms with E-state index in [1.54, 1.807) is 11.3 Å². The third kappa shape index (κ3) is 2.72. The van der Waals surface area contributed by atoms with Crippen LogP contribution in [0.2, 0.25) is 5.02 Å². The highest BCUT2D eigenvalue weighted by atomic mass is 79.9. The molecule has 0 amide bonds. The topological polar surface area (TPSA) is 38.0 Å². The van der Waals surface area contributed by atoms with Gasteiger partial charge in [-0.25, -0.2) is 5.43 Å². The zero-order valence-electron chi connectivity index (χ0n) is 9.21. The maximum atomic E-state index is 6.26. The minimum Gasteiger partial charge on any atom is -0.271 e. The van der Waals surface area contributed by atoms with Crippen molar-refractivity contribution in [2.75, 3.05) is 0 Å². The molecule has 1 aromatic carbocycles. The molecule has 2 nitrogen and oxygen atoms in total. The van der Waals surface area contributed by atoms with Gasteiger partial charge in [0.25, 0.3) is 0 Å². The largest absolute Gasteiger partial charge is 0.271 e. The second-order valence-electron chi connectivity index (χ2n) is 3.80. The number of halogens is 2. The van der Waals surface area contributed by atoms with Crippen LogP contribution in [0.5, 0.6) is 0 Å². The molecule has 0 aliphatic rings. The minimum absolute atomic E-state index is 0.0938. The molecule has 0 radical (unpaired) electrons. The second kappa shape index (κ2) is 5.50. The Kier molecular flexibility index (Phi) is 4.22. The van der Waals surface area contributed by atoms with Crippen LogP contribution in [0.4, 0.5) is 0 Å². The average molecular weight is 332 g/mol. The summed E-state index contributed by atoms with van der Waals surface area (Å²) in [6.45, 7) is 2.01. The van der Waals surface area contributed by atoms with Crippen molar-refractivity contribution < 1.29 is 0 Å². The van der Waals surface area contributed by atoms with E-state index in [2.05, 4.69) is 26.7 Å². The average Bonchev–Trinajstić information content (AvgIpc) is 2.69. The Bertz CT molecular complexity index is 527. The zero-order chi connectivity index (χ0) is 12.4. The van der Waals surface area contributed by atoms with Crippen LogP contribution < -0.4 is 11.3 Å². The molecule has 2 aromatic rings. The summed E-state index contributed by atoms with van der Waals surface area (Å²) in [5, 5.41) is 4.82. The molecule has 3 N–H and O–H groups in total. The van der Waals surface area contributed by atoms with Crippen LogP contribution in [-0.4, -0.2) is 0 Å². The van der Waals surface area contributed by atoms with Crippen molar-refractivity contribution >= 4 is 38.9 Å². The van der Waals surface area contributed by atoms with Gasteiger partial charge in [0.05, 0.1) is 6.04 Å². The highest BCUT2D eigenvalue weighted by Gasteiger charge is 2.18. The van der Waals surface area contributed by atoms with E-state index in [0.29, 0.717) is 0 Å². The number of nitrogens with two attached hydrogens (primary N) is 1. The molecule has 0 bridgehead atoms. The lowest BCUT2D eigenvalue weighted by molar-refractivity contribution is 0.637. The van der Waals surface area contributed by atoms with Crippen molar-refractivity contribution in [3.05, 3.63) is 55.1 Å². The van der Waals surface area contributed by atoms with Crippen LogP contribution in [0.25, 0.3) is 0 Å². The third-order valence-electron chi connectivity index (χ3n) is 2.59. The fourth-order valence-electron chi connectivity index (χ4n) is 1.71. The number of thiophene rings is 1. The van der Waals surface area contributed by atoms with Crippen molar-refractivity contribution in [2.24, 2.45) is 5.84 Å². The monoisotopic (exact) mass is 330 g/mol. The highest BCUT2D eigenvalue weighted by Crippen LogP contribution is 2.34. The summed E-state index contributed by atoms with van der Waals surface area (Å²) < 4.78 is 1.04. The summed E-state index contributed by atoms with van der Waals surface area (Å²) in [5.74, 6) is 5.65. The first-order valence-electron chi connectivity index (χ1n) is 5.07. The van der Waals surface area contributed by atoms with Crippen molar-refractivity contribution in [3.8, 4) is 0 Å². The van der Waals surface area contributed by atoms with Crippen molar-refractivity contribution in [1.29, 1.82) is 0 Å². The van der Waals surface area contributed by atoms with E-state index in [4.69, 9.17) is 17.4 Å². The van der Waals surface area contributed by atoms with E-state index in [1.807, 2.05) is 30.5 Å². The molecule has 0 aliphatic carbocycles. The normalized spacial score (nSPS) is 12.7. The van der Waals surface area contributed by atoms with Crippen LogP contribution >= 0.6 is 38.9 Å². The van der Waals surface area contributed by atoms with Crippen LogP contribution in [-0.2, 0) is 0 Å². The van der Waals surface area contributed by atoms with E-state index in [9.17, 15) is 0 Å². The predicted molar refractivity (Wildman–Crippen MR) is 77.4 cm³/mol. The van der Waals surface area contributed by atoms with Gasteiger partial charge >= 0.3 is 0 Å². The number of aryl methyl sites for hydroxylation is 1. The molecular formula is C12H12BrClN2S. The maximum absolute atomic E-state index is 6.26. The van der Waals surface area contributed by atoms with Crippen molar-refractivity contribution in [1.82, 2.24) is 5.43 Å². The molecule has 1 heterocycles.